The number of nitrogens with zero attached hydrogens (tertiary/aromatic N) is 4. The van der Waals surface area contributed by atoms with Crippen molar-refractivity contribution in [3.8, 4) is 0 Å². The normalized spacial score (nSPS) is 21.2. The molecule has 0 spiro atoms. The summed E-state index contributed by atoms with van der Waals surface area (Å²) < 4.78 is 29.4. The zero-order valence-electron chi connectivity index (χ0n) is 10.6. The van der Waals surface area contributed by atoms with Crippen LogP contribution < -0.4 is 4.90 Å². The van der Waals surface area contributed by atoms with Gasteiger partial charge >= 0.3 is 0 Å². The Morgan fingerprint density at radius 2 is 2.05 bits per heavy atom. The van der Waals surface area contributed by atoms with Gasteiger partial charge in [0, 0.05) is 30.4 Å². The molecule has 1 aliphatic rings. The molecule has 1 saturated heterocycles. The van der Waals surface area contributed by atoms with Crippen LogP contribution in [0.3, 0.4) is 0 Å². The van der Waals surface area contributed by atoms with Crippen molar-refractivity contribution in [2.75, 3.05) is 18.0 Å². The summed E-state index contributed by atoms with van der Waals surface area (Å²) in [6.07, 6.45) is 3.21. The van der Waals surface area contributed by atoms with E-state index in [1.165, 1.54) is 4.52 Å². The molecule has 0 aliphatic carbocycles. The molecule has 4 nitrogen and oxygen atoms in total. The highest BCUT2D eigenvalue weighted by atomic mass is 35.5. The minimum Gasteiger partial charge on any atom is -0.362 e. The second-order valence-corrected chi connectivity index (χ2v) is 5.88. The minimum atomic E-state index is -2.74. The van der Waals surface area contributed by atoms with Gasteiger partial charge in [-0.2, -0.15) is 5.10 Å². The summed E-state index contributed by atoms with van der Waals surface area (Å²) in [7, 11) is 0. The topological polar surface area (TPSA) is 33.4 Å². The van der Waals surface area contributed by atoms with Crippen LogP contribution in [0.2, 0.25) is 5.15 Å². The molecule has 7 heteroatoms. The Morgan fingerprint density at radius 1 is 1.32 bits per heavy atom. The Labute approximate surface area is 114 Å². The van der Waals surface area contributed by atoms with Crippen LogP contribution >= 0.6 is 11.6 Å². The molecule has 0 amide bonds. The molecule has 19 heavy (non-hydrogen) atoms. The molecule has 0 unspecified atom stereocenters. The number of aromatic nitrogens is 3. The molecule has 1 aliphatic heterocycles. The molecule has 0 bridgehead atoms. The first kappa shape index (κ1) is 12.6. The fraction of sp³-hybridized carbons (Fsp3) is 0.500. The third-order valence-electron chi connectivity index (χ3n) is 3.62. The lowest BCUT2D eigenvalue weighted by Crippen LogP contribution is -2.34. The molecule has 2 aromatic rings. The van der Waals surface area contributed by atoms with Gasteiger partial charge in [-0.3, -0.25) is 0 Å². The zero-order valence-corrected chi connectivity index (χ0v) is 11.3. The van der Waals surface area contributed by atoms with Crippen LogP contribution in [-0.4, -0.2) is 33.6 Å². The predicted molar refractivity (Wildman–Crippen MR) is 68.9 cm³/mol. The van der Waals surface area contributed by atoms with E-state index in [0.717, 1.165) is 0 Å². The maximum atomic E-state index is 14.0. The number of rotatable bonds is 1. The Kier molecular flexibility index (Phi) is 2.51. The number of hydrogen-bond donors (Lipinski definition) is 0. The van der Waals surface area contributed by atoms with Crippen LogP contribution in [0.5, 0.6) is 0 Å². The van der Waals surface area contributed by atoms with Crippen LogP contribution in [0.15, 0.2) is 18.5 Å². The maximum absolute atomic E-state index is 14.0. The molecule has 2 aromatic heterocycles. The molecule has 0 aromatic carbocycles. The molecule has 102 valence electrons. The lowest BCUT2D eigenvalue weighted by Gasteiger charge is -2.24. The van der Waals surface area contributed by atoms with E-state index in [0.29, 0.717) is 11.3 Å². The minimum absolute atomic E-state index is 0.253. The summed E-state index contributed by atoms with van der Waals surface area (Å²) in [4.78, 5) is 5.78. The quantitative estimate of drug-likeness (QED) is 0.808. The average Bonchev–Trinajstić information content (AvgIpc) is 2.80. The maximum Gasteiger partial charge on any atom is 0.271 e. The van der Waals surface area contributed by atoms with Crippen molar-refractivity contribution in [3.63, 3.8) is 0 Å². The summed E-state index contributed by atoms with van der Waals surface area (Å²) in [6, 6.07) is 1.58. The number of halogens is 3. The van der Waals surface area contributed by atoms with Crippen molar-refractivity contribution in [2.24, 2.45) is 5.41 Å². The first-order chi connectivity index (χ1) is 8.80. The molecule has 0 N–H and O–H groups in total. The van der Waals surface area contributed by atoms with E-state index in [1.807, 2.05) is 0 Å². The largest absolute Gasteiger partial charge is 0.362 e. The van der Waals surface area contributed by atoms with Gasteiger partial charge in [0.05, 0.1) is 12.2 Å². The van der Waals surface area contributed by atoms with Gasteiger partial charge in [0.15, 0.2) is 10.8 Å². The van der Waals surface area contributed by atoms with Crippen LogP contribution in [0.1, 0.15) is 13.8 Å². The van der Waals surface area contributed by atoms with E-state index < -0.39 is 11.3 Å². The Morgan fingerprint density at radius 3 is 2.68 bits per heavy atom. The first-order valence-corrected chi connectivity index (χ1v) is 6.31. The van der Waals surface area contributed by atoms with Crippen molar-refractivity contribution in [2.45, 2.75) is 19.8 Å². The molecular weight excluding hydrogens is 274 g/mol. The number of fused-ring (bicyclic) bond motifs is 1. The van der Waals surface area contributed by atoms with E-state index >= 15 is 0 Å². The Bertz CT molecular complexity index is 622. The SMILES string of the molecule is CC1(C)CN(c2cc(Cl)nn3ccnc23)CC1(F)F. The van der Waals surface area contributed by atoms with Gasteiger partial charge in [0.1, 0.15) is 0 Å². The smallest absolute Gasteiger partial charge is 0.271 e. The average molecular weight is 287 g/mol. The fourth-order valence-corrected chi connectivity index (χ4v) is 2.56. The monoisotopic (exact) mass is 286 g/mol. The van der Waals surface area contributed by atoms with E-state index in [9.17, 15) is 8.78 Å². The van der Waals surface area contributed by atoms with E-state index in [2.05, 4.69) is 10.1 Å². The van der Waals surface area contributed by atoms with E-state index in [4.69, 9.17) is 11.6 Å². The van der Waals surface area contributed by atoms with Crippen molar-refractivity contribution in [1.29, 1.82) is 0 Å². The zero-order chi connectivity index (χ0) is 13.8. The highest BCUT2D eigenvalue weighted by Crippen LogP contribution is 2.45. The molecule has 1 fully saturated rings. The number of imidazole rings is 1. The van der Waals surface area contributed by atoms with Crippen molar-refractivity contribution in [3.05, 3.63) is 23.6 Å². The van der Waals surface area contributed by atoms with Crippen LogP contribution in [-0.2, 0) is 0 Å². The predicted octanol–water partition coefficient (Wildman–Crippen LogP) is 2.86. The summed E-state index contributed by atoms with van der Waals surface area (Å²) in [5.74, 6) is -2.74. The second kappa shape index (κ2) is 3.79. The summed E-state index contributed by atoms with van der Waals surface area (Å²) in [5, 5.41) is 4.30. The highest BCUT2D eigenvalue weighted by molar-refractivity contribution is 6.29. The number of alkyl halides is 2. The third kappa shape index (κ3) is 1.85. The number of hydrogen-bond acceptors (Lipinski definition) is 3. The molecule has 3 rings (SSSR count). The summed E-state index contributed by atoms with van der Waals surface area (Å²) >= 11 is 5.93. The molecule has 3 heterocycles. The second-order valence-electron chi connectivity index (χ2n) is 5.49. The van der Waals surface area contributed by atoms with Gasteiger partial charge in [-0.15, -0.1) is 0 Å². The molecule has 0 saturated carbocycles. The lowest BCUT2D eigenvalue weighted by molar-refractivity contribution is -0.0642. The third-order valence-corrected chi connectivity index (χ3v) is 3.80. The molecule has 0 radical (unpaired) electrons. The fourth-order valence-electron chi connectivity index (χ4n) is 2.38. The Balaban J connectivity index is 2.09. The first-order valence-electron chi connectivity index (χ1n) is 5.93. The van der Waals surface area contributed by atoms with Gasteiger partial charge in [-0.1, -0.05) is 25.4 Å². The van der Waals surface area contributed by atoms with Crippen molar-refractivity contribution < 1.29 is 8.78 Å². The van der Waals surface area contributed by atoms with Crippen LogP contribution in [0.4, 0.5) is 14.5 Å². The standard InChI is InChI=1S/C12H13ClF2N4/c1-11(2)6-18(7-12(11,14)15)8-5-9(13)17-19-4-3-16-10(8)19/h3-5H,6-7H2,1-2H3. The van der Waals surface area contributed by atoms with Gasteiger partial charge in [-0.25, -0.2) is 18.3 Å². The summed E-state index contributed by atoms with van der Waals surface area (Å²) in [6.45, 7) is 3.06. The van der Waals surface area contributed by atoms with Crippen molar-refractivity contribution in [1.82, 2.24) is 14.6 Å². The van der Waals surface area contributed by atoms with Gasteiger partial charge in [0.25, 0.3) is 5.92 Å². The lowest BCUT2D eigenvalue weighted by atomic mass is 9.89. The van der Waals surface area contributed by atoms with Gasteiger partial charge in [-0.05, 0) is 0 Å². The Hall–Kier alpha value is -1.43. The highest BCUT2D eigenvalue weighted by Gasteiger charge is 2.54. The molecular formula is C12H13ClF2N4. The van der Waals surface area contributed by atoms with Gasteiger partial charge in [0.2, 0.25) is 0 Å². The molecule has 0 atom stereocenters. The van der Waals surface area contributed by atoms with Crippen LogP contribution in [0, 0.1) is 5.41 Å². The number of anilines is 1. The van der Waals surface area contributed by atoms with Crippen LogP contribution in [0.25, 0.3) is 5.65 Å². The van der Waals surface area contributed by atoms with E-state index in [-0.39, 0.29) is 18.2 Å². The van der Waals surface area contributed by atoms with Gasteiger partial charge < -0.3 is 4.90 Å². The summed E-state index contributed by atoms with van der Waals surface area (Å²) in [5.41, 5.74) is 0.0555. The van der Waals surface area contributed by atoms with E-state index in [1.54, 1.807) is 37.2 Å². The van der Waals surface area contributed by atoms with Crippen molar-refractivity contribution >= 4 is 22.9 Å².